The number of benzene rings is 1. The lowest BCUT2D eigenvalue weighted by atomic mass is 10.1. The summed E-state index contributed by atoms with van der Waals surface area (Å²) in [5, 5.41) is 0. The molecule has 2 heterocycles. The number of aryl methyl sites for hydroxylation is 1. The minimum atomic E-state index is -3.39. The summed E-state index contributed by atoms with van der Waals surface area (Å²) in [6.07, 6.45) is 3.92. The molecule has 0 radical (unpaired) electrons. The molecule has 134 valence electrons. The fraction of sp³-hybridized carbons (Fsp3) is 0.647. The zero-order valence-corrected chi connectivity index (χ0v) is 16.5. The second-order valence-electron chi connectivity index (χ2n) is 6.76. The fourth-order valence-corrected chi connectivity index (χ4v) is 5.24. The third-order valence-electron chi connectivity index (χ3n) is 4.99. The lowest BCUT2D eigenvalue weighted by Gasteiger charge is -2.34. The minimum Gasteiger partial charge on any atom is -0.372 e. The van der Waals surface area contributed by atoms with E-state index in [2.05, 4.69) is 15.9 Å². The summed E-state index contributed by atoms with van der Waals surface area (Å²) in [6, 6.07) is 5.24. The molecule has 0 saturated carbocycles. The Bertz CT molecular complexity index is 666. The molecule has 1 aromatic rings. The molecule has 2 saturated heterocycles. The van der Waals surface area contributed by atoms with Crippen molar-refractivity contribution in [3.05, 3.63) is 28.2 Å². The van der Waals surface area contributed by atoms with Crippen molar-refractivity contribution in [3.63, 3.8) is 0 Å². The third-order valence-corrected chi connectivity index (χ3v) is 7.77. The molecule has 1 atom stereocenters. The van der Waals surface area contributed by atoms with Crippen LogP contribution < -0.4 is 4.90 Å². The van der Waals surface area contributed by atoms with Crippen LogP contribution in [0.1, 0.15) is 24.8 Å². The van der Waals surface area contributed by atoms with Crippen LogP contribution in [0.2, 0.25) is 0 Å². The number of halogens is 1. The molecule has 7 heteroatoms. The SMILES string of the molecule is Cc1cc(S(=O)(=O)N2CC[NH+](C[C@H]3CCCCO3)CC2)ccc1Br. The normalized spacial score (nSPS) is 24.2. The van der Waals surface area contributed by atoms with Crippen molar-refractivity contribution < 1.29 is 18.1 Å². The highest BCUT2D eigenvalue weighted by Gasteiger charge is 2.31. The van der Waals surface area contributed by atoms with Crippen LogP contribution in [0.5, 0.6) is 0 Å². The molecule has 0 spiro atoms. The van der Waals surface area contributed by atoms with Gasteiger partial charge in [0.1, 0.15) is 12.6 Å². The molecule has 2 aliphatic rings. The summed E-state index contributed by atoms with van der Waals surface area (Å²) in [6.45, 7) is 6.67. The Morgan fingerprint density at radius 3 is 2.67 bits per heavy atom. The van der Waals surface area contributed by atoms with E-state index in [-0.39, 0.29) is 0 Å². The molecular weight excluding hydrogens is 392 g/mol. The van der Waals surface area contributed by atoms with Crippen LogP contribution in [0.25, 0.3) is 0 Å². The summed E-state index contributed by atoms with van der Waals surface area (Å²) < 4.78 is 34.0. The number of quaternary nitrogens is 1. The van der Waals surface area contributed by atoms with Crippen molar-refractivity contribution in [1.82, 2.24) is 4.31 Å². The number of nitrogens with zero attached hydrogens (tertiary/aromatic N) is 1. The first-order chi connectivity index (χ1) is 11.5. The van der Waals surface area contributed by atoms with Crippen LogP contribution in [0.3, 0.4) is 0 Å². The van der Waals surface area contributed by atoms with Crippen molar-refractivity contribution in [2.24, 2.45) is 0 Å². The van der Waals surface area contributed by atoms with Crippen molar-refractivity contribution in [2.45, 2.75) is 37.2 Å². The summed E-state index contributed by atoms with van der Waals surface area (Å²) in [5.41, 5.74) is 0.940. The van der Waals surface area contributed by atoms with Crippen LogP contribution in [0.15, 0.2) is 27.6 Å². The van der Waals surface area contributed by atoms with Gasteiger partial charge in [-0.2, -0.15) is 4.31 Å². The van der Waals surface area contributed by atoms with Gasteiger partial charge < -0.3 is 9.64 Å². The smallest absolute Gasteiger partial charge is 0.243 e. The monoisotopic (exact) mass is 417 g/mol. The topological polar surface area (TPSA) is 51.0 Å². The molecular formula is C17H26BrN2O3S+. The first-order valence-electron chi connectivity index (χ1n) is 8.68. The number of ether oxygens (including phenoxy) is 1. The van der Waals surface area contributed by atoms with Gasteiger partial charge in [0.2, 0.25) is 10.0 Å². The Hall–Kier alpha value is -0.470. The number of piperazine rings is 1. The maximum absolute atomic E-state index is 12.8. The van der Waals surface area contributed by atoms with E-state index in [9.17, 15) is 8.42 Å². The van der Waals surface area contributed by atoms with Crippen molar-refractivity contribution >= 4 is 26.0 Å². The zero-order valence-electron chi connectivity index (χ0n) is 14.1. The molecule has 1 aromatic carbocycles. The molecule has 0 aliphatic carbocycles. The maximum Gasteiger partial charge on any atom is 0.243 e. The van der Waals surface area contributed by atoms with Crippen molar-refractivity contribution in [2.75, 3.05) is 39.3 Å². The molecule has 2 aliphatic heterocycles. The van der Waals surface area contributed by atoms with Crippen LogP contribution in [-0.2, 0) is 14.8 Å². The quantitative estimate of drug-likeness (QED) is 0.800. The van der Waals surface area contributed by atoms with E-state index in [4.69, 9.17) is 4.74 Å². The van der Waals surface area contributed by atoms with Gasteiger partial charge in [0.05, 0.1) is 31.1 Å². The minimum absolute atomic E-state index is 0.353. The molecule has 0 bridgehead atoms. The van der Waals surface area contributed by atoms with Gasteiger partial charge in [0, 0.05) is 11.1 Å². The van der Waals surface area contributed by atoms with Crippen LogP contribution in [0, 0.1) is 6.92 Å². The molecule has 2 fully saturated rings. The van der Waals surface area contributed by atoms with Crippen LogP contribution in [-0.4, -0.2) is 58.2 Å². The third kappa shape index (κ3) is 4.19. The highest BCUT2D eigenvalue weighted by atomic mass is 79.9. The van der Waals surface area contributed by atoms with Gasteiger partial charge in [-0.15, -0.1) is 0 Å². The van der Waals surface area contributed by atoms with Gasteiger partial charge in [-0.25, -0.2) is 8.42 Å². The first-order valence-corrected chi connectivity index (χ1v) is 10.9. The van der Waals surface area contributed by atoms with E-state index in [1.54, 1.807) is 16.4 Å². The van der Waals surface area contributed by atoms with Gasteiger partial charge >= 0.3 is 0 Å². The van der Waals surface area contributed by atoms with E-state index in [1.807, 2.05) is 13.0 Å². The lowest BCUT2D eigenvalue weighted by Crippen LogP contribution is -3.15. The lowest BCUT2D eigenvalue weighted by molar-refractivity contribution is -0.907. The Labute approximate surface area is 153 Å². The highest BCUT2D eigenvalue weighted by Crippen LogP contribution is 2.22. The molecule has 0 amide bonds. The van der Waals surface area contributed by atoms with Gasteiger partial charge in [-0.1, -0.05) is 15.9 Å². The zero-order chi connectivity index (χ0) is 17.2. The van der Waals surface area contributed by atoms with Gasteiger partial charge in [0.15, 0.2) is 0 Å². The summed E-state index contributed by atoms with van der Waals surface area (Å²) >= 11 is 3.42. The van der Waals surface area contributed by atoms with E-state index in [0.29, 0.717) is 24.1 Å². The fourth-order valence-electron chi connectivity index (χ4n) is 3.46. The average Bonchev–Trinajstić information content (AvgIpc) is 2.58. The molecule has 24 heavy (non-hydrogen) atoms. The van der Waals surface area contributed by atoms with Crippen molar-refractivity contribution in [1.29, 1.82) is 0 Å². The van der Waals surface area contributed by atoms with Gasteiger partial charge in [-0.3, -0.25) is 0 Å². The molecule has 5 nitrogen and oxygen atoms in total. The Morgan fingerprint density at radius 1 is 1.29 bits per heavy atom. The standard InChI is InChI=1S/C17H25BrN2O3S/c1-14-12-16(5-6-17(14)18)24(21,22)20-9-7-19(8-10-20)13-15-4-2-3-11-23-15/h5-6,12,15H,2-4,7-11,13H2,1H3/p+1/t15-/m1/s1. The number of rotatable bonds is 4. The number of hydrogen-bond acceptors (Lipinski definition) is 3. The summed E-state index contributed by atoms with van der Waals surface area (Å²) in [4.78, 5) is 1.85. The summed E-state index contributed by atoms with van der Waals surface area (Å²) in [5.74, 6) is 0. The maximum atomic E-state index is 12.8. The summed E-state index contributed by atoms with van der Waals surface area (Å²) in [7, 11) is -3.39. The second kappa shape index (κ2) is 7.83. The van der Waals surface area contributed by atoms with Crippen LogP contribution in [0.4, 0.5) is 0 Å². The van der Waals surface area contributed by atoms with E-state index < -0.39 is 10.0 Å². The average molecular weight is 418 g/mol. The van der Waals surface area contributed by atoms with Gasteiger partial charge in [0.25, 0.3) is 0 Å². The van der Waals surface area contributed by atoms with Gasteiger partial charge in [-0.05, 0) is 49.9 Å². The number of hydrogen-bond donors (Lipinski definition) is 1. The number of sulfonamides is 1. The molecule has 1 N–H and O–H groups in total. The number of nitrogens with one attached hydrogen (secondary N) is 1. The highest BCUT2D eigenvalue weighted by molar-refractivity contribution is 9.10. The molecule has 0 aromatic heterocycles. The Morgan fingerprint density at radius 2 is 2.04 bits per heavy atom. The Balaban J connectivity index is 1.59. The van der Waals surface area contributed by atoms with E-state index >= 15 is 0 Å². The predicted octanol–water partition coefficient (Wildman–Crippen LogP) is 1.22. The molecule has 0 unspecified atom stereocenters. The first kappa shape index (κ1) is 18.3. The molecule has 3 rings (SSSR count). The second-order valence-corrected chi connectivity index (χ2v) is 9.55. The Kier molecular flexibility index (Phi) is 5.98. The van der Waals surface area contributed by atoms with E-state index in [1.165, 1.54) is 17.7 Å². The largest absolute Gasteiger partial charge is 0.372 e. The van der Waals surface area contributed by atoms with E-state index in [0.717, 1.165) is 42.7 Å². The predicted molar refractivity (Wildman–Crippen MR) is 96.8 cm³/mol. The van der Waals surface area contributed by atoms with Crippen molar-refractivity contribution in [3.8, 4) is 0 Å². The van der Waals surface area contributed by atoms with Crippen LogP contribution >= 0.6 is 15.9 Å².